The molecule has 0 spiro atoms. The van der Waals surface area contributed by atoms with Crippen molar-refractivity contribution >= 4 is 18.6 Å². The first-order valence-electron chi connectivity index (χ1n) is 3.59. The number of benzene rings is 1. The van der Waals surface area contributed by atoms with Crippen molar-refractivity contribution in [1.29, 1.82) is 0 Å². The van der Waals surface area contributed by atoms with E-state index in [0.717, 1.165) is 16.0 Å². The maximum atomic E-state index is 10.4. The number of carboxylic acids is 1. The molecule has 0 aliphatic rings. The van der Waals surface area contributed by atoms with Crippen molar-refractivity contribution < 1.29 is 9.90 Å². The van der Waals surface area contributed by atoms with E-state index in [0.29, 0.717) is 0 Å². The van der Waals surface area contributed by atoms with Gasteiger partial charge in [0.2, 0.25) is 0 Å². The number of hydrogen-bond donors (Lipinski definition) is 2. The third-order valence-corrected chi connectivity index (χ3v) is 1.74. The Morgan fingerprint density at radius 2 is 2.17 bits per heavy atom. The van der Waals surface area contributed by atoms with Gasteiger partial charge in [-0.1, -0.05) is 6.07 Å². The molecule has 0 aliphatic carbocycles. The summed E-state index contributed by atoms with van der Waals surface area (Å²) < 4.78 is 0. The zero-order chi connectivity index (χ0) is 9.14. The predicted molar refractivity (Wildman–Crippen MR) is 49.8 cm³/mol. The number of thiol groups is 1. The fourth-order valence-corrected chi connectivity index (χ4v) is 1.49. The molecule has 0 aliphatic heterocycles. The van der Waals surface area contributed by atoms with E-state index < -0.39 is 5.97 Å². The third kappa shape index (κ3) is 2.58. The van der Waals surface area contributed by atoms with Gasteiger partial charge in [0.15, 0.2) is 0 Å². The average Bonchev–Trinajstić information content (AvgIpc) is 1.81. The van der Waals surface area contributed by atoms with E-state index in [1.807, 2.05) is 19.1 Å². The van der Waals surface area contributed by atoms with Gasteiger partial charge in [0, 0.05) is 4.90 Å². The summed E-state index contributed by atoms with van der Waals surface area (Å²) in [4.78, 5) is 11.2. The van der Waals surface area contributed by atoms with Gasteiger partial charge in [-0.2, -0.15) is 0 Å². The van der Waals surface area contributed by atoms with Crippen molar-refractivity contribution in [2.75, 3.05) is 0 Å². The van der Waals surface area contributed by atoms with Gasteiger partial charge < -0.3 is 5.11 Å². The monoisotopic (exact) mass is 182 g/mol. The minimum Gasteiger partial charge on any atom is -0.481 e. The first-order chi connectivity index (χ1) is 5.58. The molecule has 0 saturated carbocycles. The Morgan fingerprint density at radius 3 is 2.67 bits per heavy atom. The number of aliphatic carboxylic acids is 1. The van der Waals surface area contributed by atoms with Crippen LogP contribution in [0.2, 0.25) is 0 Å². The first kappa shape index (κ1) is 9.13. The van der Waals surface area contributed by atoms with Crippen LogP contribution in [0.3, 0.4) is 0 Å². The van der Waals surface area contributed by atoms with E-state index in [1.54, 1.807) is 6.07 Å². The number of aryl methyl sites for hydroxylation is 1. The summed E-state index contributed by atoms with van der Waals surface area (Å²) in [6, 6.07) is 5.52. The molecule has 0 fully saturated rings. The Kier molecular flexibility index (Phi) is 2.76. The first-order valence-corrected chi connectivity index (χ1v) is 4.04. The summed E-state index contributed by atoms with van der Waals surface area (Å²) in [7, 11) is 0. The molecule has 64 valence electrons. The topological polar surface area (TPSA) is 37.3 Å². The summed E-state index contributed by atoms with van der Waals surface area (Å²) in [5, 5.41) is 8.52. The number of hydrogen-bond acceptors (Lipinski definition) is 2. The van der Waals surface area contributed by atoms with E-state index in [4.69, 9.17) is 5.11 Å². The van der Waals surface area contributed by atoms with Crippen molar-refractivity contribution in [2.45, 2.75) is 18.2 Å². The zero-order valence-corrected chi connectivity index (χ0v) is 7.64. The van der Waals surface area contributed by atoms with E-state index in [-0.39, 0.29) is 6.42 Å². The van der Waals surface area contributed by atoms with Crippen LogP contribution in [0.5, 0.6) is 0 Å². The summed E-state index contributed by atoms with van der Waals surface area (Å²) in [5.41, 5.74) is 1.84. The normalized spacial score (nSPS) is 9.83. The summed E-state index contributed by atoms with van der Waals surface area (Å²) >= 11 is 4.15. The van der Waals surface area contributed by atoms with Crippen LogP contribution < -0.4 is 0 Å². The fraction of sp³-hybridized carbons (Fsp3) is 0.222. The van der Waals surface area contributed by atoms with E-state index >= 15 is 0 Å². The van der Waals surface area contributed by atoms with E-state index in [1.165, 1.54) is 0 Å². The van der Waals surface area contributed by atoms with Gasteiger partial charge >= 0.3 is 5.97 Å². The molecule has 0 aromatic heterocycles. The number of rotatable bonds is 2. The van der Waals surface area contributed by atoms with E-state index in [9.17, 15) is 4.79 Å². The van der Waals surface area contributed by atoms with Gasteiger partial charge in [0.25, 0.3) is 0 Å². The summed E-state index contributed by atoms with van der Waals surface area (Å²) in [6.07, 6.45) is 0.0647. The van der Waals surface area contributed by atoms with Crippen LogP contribution in [-0.4, -0.2) is 11.1 Å². The molecule has 0 unspecified atom stereocenters. The van der Waals surface area contributed by atoms with Crippen molar-refractivity contribution in [3.63, 3.8) is 0 Å². The Balaban J connectivity index is 2.93. The zero-order valence-electron chi connectivity index (χ0n) is 6.74. The van der Waals surface area contributed by atoms with Crippen LogP contribution in [0.1, 0.15) is 11.1 Å². The lowest BCUT2D eigenvalue weighted by atomic mass is 10.1. The van der Waals surface area contributed by atoms with Gasteiger partial charge in [0.05, 0.1) is 6.42 Å². The highest BCUT2D eigenvalue weighted by atomic mass is 32.1. The standard InChI is InChI=1S/C9H10O2S/c1-6-2-7(5-9(10)11)4-8(12)3-6/h2-4,12H,5H2,1H3,(H,10,11). The quantitative estimate of drug-likeness (QED) is 0.685. The second-order valence-electron chi connectivity index (χ2n) is 2.75. The molecule has 1 N–H and O–H groups in total. The Hall–Kier alpha value is -0.960. The van der Waals surface area contributed by atoms with Crippen LogP contribution in [0, 0.1) is 6.92 Å². The van der Waals surface area contributed by atoms with Crippen molar-refractivity contribution in [1.82, 2.24) is 0 Å². The van der Waals surface area contributed by atoms with Crippen LogP contribution in [0.25, 0.3) is 0 Å². The van der Waals surface area contributed by atoms with Gasteiger partial charge in [-0.15, -0.1) is 12.6 Å². The molecule has 12 heavy (non-hydrogen) atoms. The lowest BCUT2D eigenvalue weighted by molar-refractivity contribution is -0.136. The predicted octanol–water partition coefficient (Wildman–Crippen LogP) is 1.91. The molecule has 1 rings (SSSR count). The van der Waals surface area contributed by atoms with Crippen LogP contribution in [0.15, 0.2) is 23.1 Å². The molecule has 3 heteroatoms. The molecule has 0 radical (unpaired) electrons. The third-order valence-electron chi connectivity index (χ3n) is 1.48. The highest BCUT2D eigenvalue weighted by Gasteiger charge is 2.01. The molecule has 0 atom stereocenters. The van der Waals surface area contributed by atoms with Gasteiger partial charge in [-0.25, -0.2) is 0 Å². The fourth-order valence-electron chi connectivity index (χ4n) is 1.12. The molecule has 0 heterocycles. The minimum absolute atomic E-state index is 0.0647. The molecule has 1 aromatic carbocycles. The maximum absolute atomic E-state index is 10.4. The highest BCUT2D eigenvalue weighted by molar-refractivity contribution is 7.80. The second kappa shape index (κ2) is 3.63. The summed E-state index contributed by atoms with van der Waals surface area (Å²) in [6.45, 7) is 1.92. The van der Waals surface area contributed by atoms with Crippen LogP contribution >= 0.6 is 12.6 Å². The van der Waals surface area contributed by atoms with Crippen molar-refractivity contribution in [3.8, 4) is 0 Å². The SMILES string of the molecule is Cc1cc(S)cc(CC(=O)O)c1. The smallest absolute Gasteiger partial charge is 0.307 e. The molecular formula is C9H10O2S. The lowest BCUT2D eigenvalue weighted by Gasteiger charge is -2.00. The summed E-state index contributed by atoms with van der Waals surface area (Å²) in [5.74, 6) is -0.812. The Morgan fingerprint density at radius 1 is 1.50 bits per heavy atom. The maximum Gasteiger partial charge on any atom is 0.307 e. The van der Waals surface area contributed by atoms with Gasteiger partial charge in [-0.3, -0.25) is 4.79 Å². The number of carboxylic acid groups (broad SMARTS) is 1. The molecule has 2 nitrogen and oxygen atoms in total. The Bertz CT molecular complexity index is 287. The van der Waals surface area contributed by atoms with Crippen LogP contribution in [-0.2, 0) is 11.2 Å². The largest absolute Gasteiger partial charge is 0.481 e. The van der Waals surface area contributed by atoms with E-state index in [2.05, 4.69) is 12.6 Å². The Labute approximate surface area is 76.6 Å². The van der Waals surface area contributed by atoms with Crippen molar-refractivity contribution in [3.05, 3.63) is 29.3 Å². The molecule has 0 bridgehead atoms. The minimum atomic E-state index is -0.812. The average molecular weight is 182 g/mol. The molecule has 1 aromatic rings. The molecule has 0 amide bonds. The number of carbonyl (C=O) groups is 1. The van der Waals surface area contributed by atoms with Crippen LogP contribution in [0.4, 0.5) is 0 Å². The molecular weight excluding hydrogens is 172 g/mol. The molecule has 0 saturated heterocycles. The van der Waals surface area contributed by atoms with Gasteiger partial charge in [0.1, 0.15) is 0 Å². The van der Waals surface area contributed by atoms with Crippen molar-refractivity contribution in [2.24, 2.45) is 0 Å². The second-order valence-corrected chi connectivity index (χ2v) is 3.26. The highest BCUT2D eigenvalue weighted by Crippen LogP contribution is 2.13. The van der Waals surface area contributed by atoms with Gasteiger partial charge in [-0.05, 0) is 30.2 Å². The lowest BCUT2D eigenvalue weighted by Crippen LogP contribution is -2.00.